The third-order valence-electron chi connectivity index (χ3n) is 4.49. The second kappa shape index (κ2) is 11.7. The number of nitrogens with one attached hydrogen (secondary N) is 1. The molecule has 10 nitrogen and oxygen atoms in total. The summed E-state index contributed by atoms with van der Waals surface area (Å²) in [6, 6.07) is 0. The first-order valence-electron chi connectivity index (χ1n) is 9.89. The average Bonchev–Trinajstić information content (AvgIpc) is 3.52. The van der Waals surface area contributed by atoms with Crippen LogP contribution in [0, 0.1) is 0 Å². The first-order chi connectivity index (χ1) is 14.7. The highest BCUT2D eigenvalue weighted by molar-refractivity contribution is 7.17. The molecule has 3 rings (SSSR count). The number of carbonyl (C=O) groups excluding carboxylic acids is 2. The lowest BCUT2D eigenvalue weighted by Gasteiger charge is -2.21. The Morgan fingerprint density at radius 3 is 2.97 bits per heavy atom. The molecule has 2 amide bonds. The fraction of sp³-hybridized carbons (Fsp3) is 0.579. The van der Waals surface area contributed by atoms with Crippen molar-refractivity contribution in [3.63, 3.8) is 0 Å². The second-order valence-electron chi connectivity index (χ2n) is 6.67. The summed E-state index contributed by atoms with van der Waals surface area (Å²) in [5.41, 5.74) is 0. The minimum Gasteiger partial charge on any atom is -0.384 e. The average molecular weight is 438 g/mol. The van der Waals surface area contributed by atoms with Crippen molar-refractivity contribution in [2.75, 3.05) is 44.9 Å². The molecule has 2 aromatic heterocycles. The van der Waals surface area contributed by atoms with Crippen LogP contribution >= 0.6 is 11.3 Å². The first-order valence-corrected chi connectivity index (χ1v) is 10.7. The van der Waals surface area contributed by atoms with Crippen molar-refractivity contribution in [3.05, 3.63) is 29.8 Å². The minimum atomic E-state index is -0.319. The molecule has 1 aliphatic rings. The number of hydrogen-bond donors (Lipinski definition) is 1. The number of ether oxygens (including phenoxy) is 3. The lowest BCUT2D eigenvalue weighted by Crippen LogP contribution is -2.34. The van der Waals surface area contributed by atoms with E-state index in [2.05, 4.69) is 15.3 Å². The molecule has 0 radical (unpaired) electrons. The molecule has 1 aliphatic heterocycles. The van der Waals surface area contributed by atoms with E-state index < -0.39 is 0 Å². The zero-order valence-corrected chi connectivity index (χ0v) is 17.8. The van der Waals surface area contributed by atoms with Gasteiger partial charge in [0.2, 0.25) is 5.91 Å². The minimum absolute atomic E-state index is 0.114. The maximum Gasteiger partial charge on any atom is 0.263 e. The van der Waals surface area contributed by atoms with E-state index in [-0.39, 0.29) is 24.5 Å². The highest BCUT2D eigenvalue weighted by Crippen LogP contribution is 2.24. The molecule has 3 heterocycles. The van der Waals surface area contributed by atoms with E-state index in [9.17, 15) is 9.59 Å². The van der Waals surface area contributed by atoms with Crippen molar-refractivity contribution < 1.29 is 23.8 Å². The topological polar surface area (TPSA) is 108 Å². The summed E-state index contributed by atoms with van der Waals surface area (Å²) in [5, 5.41) is 3.37. The Labute approximate surface area is 179 Å². The van der Waals surface area contributed by atoms with Gasteiger partial charge in [0, 0.05) is 45.6 Å². The summed E-state index contributed by atoms with van der Waals surface area (Å²) in [6.07, 6.45) is 8.10. The normalized spacial score (nSPS) is 14.2. The van der Waals surface area contributed by atoms with Gasteiger partial charge in [0.25, 0.3) is 5.91 Å². The third-order valence-corrected chi connectivity index (χ3v) is 5.51. The van der Waals surface area contributed by atoms with Crippen LogP contribution in [0.25, 0.3) is 0 Å². The fourth-order valence-electron chi connectivity index (χ4n) is 2.92. The molecular formula is C19H27N5O5S. The van der Waals surface area contributed by atoms with Crippen LogP contribution in [0.5, 0.6) is 0 Å². The number of carbonyl (C=O) groups is 2. The largest absolute Gasteiger partial charge is 0.384 e. The van der Waals surface area contributed by atoms with Gasteiger partial charge in [-0.2, -0.15) is 0 Å². The van der Waals surface area contributed by atoms with Gasteiger partial charge in [-0.25, -0.2) is 9.97 Å². The van der Waals surface area contributed by atoms with Crippen LogP contribution in [0.2, 0.25) is 0 Å². The van der Waals surface area contributed by atoms with E-state index in [1.807, 2.05) is 10.8 Å². The van der Waals surface area contributed by atoms with E-state index in [0.717, 1.165) is 13.0 Å². The molecule has 0 bridgehead atoms. The molecule has 0 unspecified atom stereocenters. The number of rotatable bonds is 12. The summed E-state index contributed by atoms with van der Waals surface area (Å²) in [4.78, 5) is 35.4. The molecule has 11 heteroatoms. The van der Waals surface area contributed by atoms with Crippen molar-refractivity contribution in [2.45, 2.75) is 32.1 Å². The van der Waals surface area contributed by atoms with Crippen LogP contribution in [-0.4, -0.2) is 72.7 Å². The number of nitrogens with zero attached hydrogens (tertiary/aromatic N) is 4. The zero-order chi connectivity index (χ0) is 21.2. The zero-order valence-electron chi connectivity index (χ0n) is 17.0. The standard InChI is InChI=1S/C19H27N5O5S/c1-27-10-4-16(25)24(8-3-17-28-11-12-29-17)19-22-13-15(30-19)18(26)21-5-2-7-23-9-6-20-14-23/h6,9,13-14,17H,2-5,7-8,10-12H2,1H3,(H,21,26). The van der Waals surface area contributed by atoms with Crippen LogP contribution in [0.4, 0.5) is 5.13 Å². The van der Waals surface area contributed by atoms with Gasteiger partial charge < -0.3 is 24.1 Å². The van der Waals surface area contributed by atoms with E-state index in [1.165, 1.54) is 17.5 Å². The molecule has 0 spiro atoms. The number of thiazole rings is 1. The van der Waals surface area contributed by atoms with E-state index >= 15 is 0 Å². The van der Waals surface area contributed by atoms with Gasteiger partial charge in [0.1, 0.15) is 4.88 Å². The third kappa shape index (κ3) is 6.59. The number of methoxy groups -OCH3 is 1. The molecule has 0 saturated carbocycles. The fourth-order valence-corrected chi connectivity index (χ4v) is 3.80. The number of anilines is 1. The Bertz CT molecular complexity index is 791. The molecule has 2 aromatic rings. The van der Waals surface area contributed by atoms with Crippen molar-refractivity contribution in [1.82, 2.24) is 19.9 Å². The number of imidazole rings is 1. The Hall–Kier alpha value is -2.34. The van der Waals surface area contributed by atoms with Gasteiger partial charge in [-0.15, -0.1) is 0 Å². The quantitative estimate of drug-likeness (QED) is 0.499. The lowest BCUT2D eigenvalue weighted by atomic mass is 10.3. The molecule has 0 atom stereocenters. The van der Waals surface area contributed by atoms with Gasteiger partial charge in [-0.05, 0) is 6.42 Å². The van der Waals surface area contributed by atoms with Crippen LogP contribution < -0.4 is 10.2 Å². The first kappa shape index (κ1) is 22.3. The van der Waals surface area contributed by atoms with Crippen LogP contribution in [0.1, 0.15) is 28.9 Å². The Morgan fingerprint density at radius 1 is 1.40 bits per heavy atom. The summed E-state index contributed by atoms with van der Waals surface area (Å²) < 4.78 is 17.9. The highest BCUT2D eigenvalue weighted by atomic mass is 32.1. The van der Waals surface area contributed by atoms with E-state index in [1.54, 1.807) is 24.5 Å². The highest BCUT2D eigenvalue weighted by Gasteiger charge is 2.24. The van der Waals surface area contributed by atoms with Crippen LogP contribution in [0.15, 0.2) is 24.9 Å². The predicted octanol–water partition coefficient (Wildman–Crippen LogP) is 1.29. The van der Waals surface area contributed by atoms with E-state index in [4.69, 9.17) is 14.2 Å². The number of hydrogen-bond acceptors (Lipinski definition) is 8. The number of aryl methyl sites for hydroxylation is 1. The number of aromatic nitrogens is 3. The Kier molecular flexibility index (Phi) is 8.75. The maximum absolute atomic E-state index is 12.6. The van der Waals surface area contributed by atoms with Crippen LogP contribution in [-0.2, 0) is 25.5 Å². The Morgan fingerprint density at radius 2 is 2.23 bits per heavy atom. The van der Waals surface area contributed by atoms with Crippen molar-refractivity contribution in [1.29, 1.82) is 0 Å². The molecule has 30 heavy (non-hydrogen) atoms. The van der Waals surface area contributed by atoms with Gasteiger partial charge in [-0.3, -0.25) is 14.5 Å². The molecule has 1 N–H and O–H groups in total. The monoisotopic (exact) mass is 437 g/mol. The van der Waals surface area contributed by atoms with E-state index in [0.29, 0.717) is 49.3 Å². The van der Waals surface area contributed by atoms with Crippen molar-refractivity contribution >= 4 is 28.3 Å². The van der Waals surface area contributed by atoms with Gasteiger partial charge >= 0.3 is 0 Å². The molecule has 0 aliphatic carbocycles. The summed E-state index contributed by atoms with van der Waals surface area (Å²) >= 11 is 1.19. The van der Waals surface area contributed by atoms with Crippen molar-refractivity contribution in [2.24, 2.45) is 0 Å². The van der Waals surface area contributed by atoms with Crippen LogP contribution in [0.3, 0.4) is 0 Å². The van der Waals surface area contributed by atoms with Crippen molar-refractivity contribution in [3.8, 4) is 0 Å². The lowest BCUT2D eigenvalue weighted by molar-refractivity contribution is -0.119. The molecular weight excluding hydrogens is 410 g/mol. The summed E-state index contributed by atoms with van der Waals surface area (Å²) in [5.74, 6) is -0.312. The molecule has 0 aromatic carbocycles. The summed E-state index contributed by atoms with van der Waals surface area (Å²) in [6.45, 7) is 3.15. The van der Waals surface area contributed by atoms with Gasteiger partial charge in [-0.1, -0.05) is 11.3 Å². The second-order valence-corrected chi connectivity index (χ2v) is 7.67. The maximum atomic E-state index is 12.6. The molecule has 1 fully saturated rings. The Balaban J connectivity index is 1.54. The summed E-state index contributed by atoms with van der Waals surface area (Å²) in [7, 11) is 1.55. The SMILES string of the molecule is COCCC(=O)N(CCC1OCCO1)c1ncc(C(=O)NCCCn2ccnc2)s1. The smallest absolute Gasteiger partial charge is 0.263 e. The molecule has 1 saturated heterocycles. The predicted molar refractivity (Wildman–Crippen MR) is 110 cm³/mol. The molecule has 164 valence electrons. The number of amides is 2. The van der Waals surface area contributed by atoms with Gasteiger partial charge in [0.15, 0.2) is 11.4 Å². The van der Waals surface area contributed by atoms with Gasteiger partial charge in [0.05, 0.1) is 38.8 Å².